The van der Waals surface area contributed by atoms with Gasteiger partial charge in [0, 0.05) is 54.9 Å². The van der Waals surface area contributed by atoms with Gasteiger partial charge in [0.1, 0.15) is 18.1 Å². The maximum Gasteiger partial charge on any atom is 0.125 e. The van der Waals surface area contributed by atoms with Crippen molar-refractivity contribution in [3.8, 4) is 22.8 Å². The van der Waals surface area contributed by atoms with Crippen molar-refractivity contribution in [2.24, 2.45) is 13.0 Å². The molecule has 9 heteroatoms. The first-order valence-corrected chi connectivity index (χ1v) is 11.1. The van der Waals surface area contributed by atoms with Gasteiger partial charge >= 0.3 is 0 Å². The van der Waals surface area contributed by atoms with Crippen molar-refractivity contribution in [3.63, 3.8) is 0 Å². The molecule has 178 valence electrons. The minimum atomic E-state index is -0.0407. The number of hydrogen-bond acceptors (Lipinski definition) is 7. The number of aryl methyl sites for hydroxylation is 1. The van der Waals surface area contributed by atoms with Crippen LogP contribution >= 0.6 is 12.4 Å². The molecule has 0 saturated heterocycles. The lowest BCUT2D eigenvalue weighted by Gasteiger charge is -2.26. The van der Waals surface area contributed by atoms with E-state index in [0.29, 0.717) is 17.4 Å². The van der Waals surface area contributed by atoms with Crippen molar-refractivity contribution < 1.29 is 14.6 Å². The van der Waals surface area contributed by atoms with Crippen molar-refractivity contribution in [2.75, 3.05) is 31.8 Å². The van der Waals surface area contributed by atoms with E-state index in [1.165, 1.54) is 12.8 Å². The van der Waals surface area contributed by atoms with E-state index in [1.54, 1.807) is 24.2 Å². The van der Waals surface area contributed by atoms with Crippen LogP contribution in [0.2, 0.25) is 0 Å². The zero-order valence-corrected chi connectivity index (χ0v) is 20.0. The van der Waals surface area contributed by atoms with Gasteiger partial charge in [-0.25, -0.2) is 4.98 Å². The van der Waals surface area contributed by atoms with Gasteiger partial charge in [0.05, 0.1) is 42.8 Å². The number of rotatable bonds is 9. The number of benzene rings is 2. The molecule has 8 nitrogen and oxygen atoms in total. The molecule has 0 amide bonds. The molecule has 2 aromatic heterocycles. The molecule has 5 rings (SSSR count). The summed E-state index contributed by atoms with van der Waals surface area (Å²) in [5.41, 5.74) is 5.41. The van der Waals surface area contributed by atoms with Crippen molar-refractivity contribution in [1.82, 2.24) is 19.7 Å². The Hall–Kier alpha value is -3.36. The van der Waals surface area contributed by atoms with E-state index in [9.17, 15) is 0 Å². The molecular formula is C25H28ClN5O3. The summed E-state index contributed by atoms with van der Waals surface area (Å²) in [6.07, 6.45) is 7.97. The van der Waals surface area contributed by atoms with Crippen molar-refractivity contribution >= 4 is 34.8 Å². The van der Waals surface area contributed by atoms with E-state index in [1.807, 2.05) is 37.5 Å². The lowest BCUT2D eigenvalue weighted by molar-refractivity contribution is 0.201. The molecule has 4 aromatic rings. The van der Waals surface area contributed by atoms with Gasteiger partial charge in [0.25, 0.3) is 0 Å². The SMILES string of the molecule is COc1cc(OCCO)cc(N(CC2CC2)c2ccc3ncc(-c4cnn(C)c4)nc3c2)c1.Cl. The Bertz CT molecular complexity index is 1270. The third-order valence-corrected chi connectivity index (χ3v) is 5.75. The zero-order chi connectivity index (χ0) is 22.8. The molecule has 0 bridgehead atoms. The number of aromatic nitrogens is 4. The number of ether oxygens (including phenoxy) is 2. The highest BCUT2D eigenvalue weighted by Crippen LogP contribution is 2.38. The molecule has 1 aliphatic rings. The third-order valence-electron chi connectivity index (χ3n) is 5.75. The van der Waals surface area contributed by atoms with E-state index >= 15 is 0 Å². The number of fused-ring (bicyclic) bond motifs is 1. The number of hydrogen-bond donors (Lipinski definition) is 1. The molecule has 0 atom stereocenters. The molecule has 0 radical (unpaired) electrons. The normalized spacial score (nSPS) is 12.9. The standard InChI is InChI=1S/C25H27N5O3.ClH/c1-29-16-18(13-27-29)25-14-26-23-6-5-19(11-24(23)28-25)30(15-17-3-4-17)20-9-21(32-2)12-22(10-20)33-8-7-31;/h5-6,9-14,16-17,31H,3-4,7-8,15H2,1-2H3;1H. The van der Waals surface area contributed by atoms with Crippen LogP contribution in [-0.2, 0) is 7.05 Å². The molecule has 2 aromatic carbocycles. The lowest BCUT2D eigenvalue weighted by atomic mass is 10.1. The summed E-state index contributed by atoms with van der Waals surface area (Å²) in [4.78, 5) is 11.8. The van der Waals surface area contributed by atoms with Crippen molar-refractivity contribution in [2.45, 2.75) is 12.8 Å². The average molecular weight is 482 g/mol. The van der Waals surface area contributed by atoms with E-state index in [2.05, 4.69) is 27.1 Å². The molecular weight excluding hydrogens is 454 g/mol. The summed E-state index contributed by atoms with van der Waals surface area (Å²) in [6, 6.07) is 12.0. The first-order valence-electron chi connectivity index (χ1n) is 11.1. The summed E-state index contributed by atoms with van der Waals surface area (Å²) in [7, 11) is 3.53. The van der Waals surface area contributed by atoms with Crippen LogP contribution in [0.4, 0.5) is 11.4 Å². The fourth-order valence-corrected chi connectivity index (χ4v) is 3.86. The Morgan fingerprint density at radius 1 is 1.06 bits per heavy atom. The smallest absolute Gasteiger partial charge is 0.125 e. The Balaban J connectivity index is 0.00000274. The van der Waals surface area contributed by atoms with Gasteiger partial charge in [-0.05, 0) is 37.0 Å². The van der Waals surface area contributed by atoms with E-state index < -0.39 is 0 Å². The summed E-state index contributed by atoms with van der Waals surface area (Å²) in [5, 5.41) is 13.4. The average Bonchev–Trinajstić information content (AvgIpc) is 3.57. The van der Waals surface area contributed by atoms with Gasteiger partial charge in [-0.2, -0.15) is 5.10 Å². The topological polar surface area (TPSA) is 85.5 Å². The number of nitrogens with zero attached hydrogens (tertiary/aromatic N) is 5. The number of aliphatic hydroxyl groups excluding tert-OH is 1. The van der Waals surface area contributed by atoms with Crippen LogP contribution < -0.4 is 14.4 Å². The van der Waals surface area contributed by atoms with E-state index in [4.69, 9.17) is 19.6 Å². The van der Waals surface area contributed by atoms with Gasteiger partial charge in [-0.15, -0.1) is 12.4 Å². The second-order valence-corrected chi connectivity index (χ2v) is 8.32. The summed E-state index contributed by atoms with van der Waals surface area (Å²) in [5.74, 6) is 2.03. The molecule has 1 N–H and O–H groups in total. The summed E-state index contributed by atoms with van der Waals surface area (Å²) >= 11 is 0. The van der Waals surface area contributed by atoms with Gasteiger partial charge < -0.3 is 19.5 Å². The van der Waals surface area contributed by atoms with Crippen LogP contribution in [0.25, 0.3) is 22.3 Å². The minimum Gasteiger partial charge on any atom is -0.497 e. The largest absolute Gasteiger partial charge is 0.497 e. The summed E-state index contributed by atoms with van der Waals surface area (Å²) in [6.45, 7) is 1.09. The number of halogens is 1. The molecule has 1 saturated carbocycles. The maximum absolute atomic E-state index is 9.16. The van der Waals surface area contributed by atoms with Crippen molar-refractivity contribution in [3.05, 3.63) is 55.0 Å². The van der Waals surface area contributed by atoms with Crippen LogP contribution in [0.15, 0.2) is 55.0 Å². The van der Waals surface area contributed by atoms with Crippen LogP contribution in [0.5, 0.6) is 11.5 Å². The molecule has 0 aliphatic heterocycles. The highest BCUT2D eigenvalue weighted by molar-refractivity contribution is 5.85. The monoisotopic (exact) mass is 481 g/mol. The Kier molecular flexibility index (Phi) is 7.19. The Morgan fingerprint density at radius 2 is 1.88 bits per heavy atom. The predicted octanol–water partition coefficient (Wildman–Crippen LogP) is 4.38. The zero-order valence-electron chi connectivity index (χ0n) is 19.2. The van der Waals surface area contributed by atoms with E-state index in [0.717, 1.165) is 40.2 Å². The predicted molar refractivity (Wildman–Crippen MR) is 134 cm³/mol. The lowest BCUT2D eigenvalue weighted by Crippen LogP contribution is -2.20. The number of aliphatic hydroxyl groups is 1. The number of anilines is 2. The molecule has 0 spiro atoms. The first-order chi connectivity index (χ1) is 16.1. The molecule has 34 heavy (non-hydrogen) atoms. The highest BCUT2D eigenvalue weighted by atomic mass is 35.5. The molecule has 0 unspecified atom stereocenters. The van der Waals surface area contributed by atoms with Crippen LogP contribution in [0.1, 0.15) is 12.8 Å². The highest BCUT2D eigenvalue weighted by Gasteiger charge is 2.26. The second-order valence-electron chi connectivity index (χ2n) is 8.32. The van der Waals surface area contributed by atoms with Gasteiger partial charge in [0.15, 0.2) is 0 Å². The Morgan fingerprint density at radius 3 is 2.59 bits per heavy atom. The fraction of sp³-hybridized carbons (Fsp3) is 0.320. The fourth-order valence-electron chi connectivity index (χ4n) is 3.86. The van der Waals surface area contributed by atoms with Gasteiger partial charge in [-0.3, -0.25) is 9.67 Å². The number of methoxy groups -OCH3 is 1. The first kappa shape index (κ1) is 23.8. The van der Waals surface area contributed by atoms with Crippen LogP contribution in [0, 0.1) is 5.92 Å². The maximum atomic E-state index is 9.16. The Labute approximate surface area is 204 Å². The molecule has 1 aliphatic carbocycles. The summed E-state index contributed by atoms with van der Waals surface area (Å²) < 4.78 is 13.0. The van der Waals surface area contributed by atoms with Gasteiger partial charge in [-0.1, -0.05) is 0 Å². The van der Waals surface area contributed by atoms with E-state index in [-0.39, 0.29) is 25.6 Å². The molecule has 1 fully saturated rings. The van der Waals surface area contributed by atoms with Gasteiger partial charge in [0.2, 0.25) is 0 Å². The third kappa shape index (κ3) is 5.24. The van der Waals surface area contributed by atoms with Crippen molar-refractivity contribution in [1.29, 1.82) is 0 Å². The second kappa shape index (κ2) is 10.3. The van der Waals surface area contributed by atoms with Crippen LogP contribution in [0.3, 0.4) is 0 Å². The molecule has 2 heterocycles. The quantitative estimate of drug-likeness (QED) is 0.379. The van der Waals surface area contributed by atoms with Crippen LogP contribution in [-0.4, -0.2) is 51.7 Å². The minimum absolute atomic E-state index is 0.